The van der Waals surface area contributed by atoms with E-state index in [-0.39, 0.29) is 0 Å². The van der Waals surface area contributed by atoms with Crippen molar-refractivity contribution in [3.8, 4) is 17.1 Å². The summed E-state index contributed by atoms with van der Waals surface area (Å²) in [5.41, 5.74) is 1.79. The molecule has 0 amide bonds. The molecule has 0 aliphatic heterocycles. The molecule has 0 fully saturated rings. The number of halogens is 2. The molecule has 0 aliphatic rings. The highest BCUT2D eigenvalue weighted by Gasteiger charge is 2.13. The van der Waals surface area contributed by atoms with Crippen molar-refractivity contribution in [2.45, 2.75) is 13.8 Å². The maximum atomic E-state index is 5.26. The number of hydrogen-bond donors (Lipinski definition) is 1. The summed E-state index contributed by atoms with van der Waals surface area (Å²) < 4.78 is 7.09. The van der Waals surface area contributed by atoms with Gasteiger partial charge in [0.1, 0.15) is 11.6 Å². The SMILES string of the molecule is CCNc1nc(-c2cc(OC)ccc2Br)nc(C)c1Br. The molecule has 2 rings (SSSR count). The van der Waals surface area contributed by atoms with Gasteiger partial charge in [-0.3, -0.25) is 0 Å². The molecule has 0 unspecified atom stereocenters. The minimum absolute atomic E-state index is 0.660. The molecule has 106 valence electrons. The summed E-state index contributed by atoms with van der Waals surface area (Å²) in [6.07, 6.45) is 0. The first kappa shape index (κ1) is 15.3. The molecular formula is C14H15Br2N3O. The molecule has 0 saturated carbocycles. The third kappa shape index (κ3) is 3.12. The van der Waals surface area contributed by atoms with Crippen molar-refractivity contribution in [1.29, 1.82) is 0 Å². The molecule has 0 bridgehead atoms. The standard InChI is InChI=1S/C14H15Br2N3O/c1-4-17-14-12(16)8(2)18-13(19-14)10-7-9(20-3)5-6-11(10)15/h5-7H,4H2,1-3H3,(H,17,18,19). The number of anilines is 1. The maximum absolute atomic E-state index is 5.26. The summed E-state index contributed by atoms with van der Waals surface area (Å²) in [6.45, 7) is 4.78. The third-order valence-corrected chi connectivity index (χ3v) is 4.42. The van der Waals surface area contributed by atoms with Crippen molar-refractivity contribution in [2.24, 2.45) is 0 Å². The van der Waals surface area contributed by atoms with Crippen LogP contribution in [0.5, 0.6) is 5.75 Å². The molecule has 1 aromatic heterocycles. The summed E-state index contributed by atoms with van der Waals surface area (Å²) in [7, 11) is 1.64. The fraction of sp³-hybridized carbons (Fsp3) is 0.286. The molecule has 0 spiro atoms. The monoisotopic (exact) mass is 399 g/mol. The molecule has 6 heteroatoms. The second-order valence-electron chi connectivity index (χ2n) is 4.17. The first-order valence-corrected chi connectivity index (χ1v) is 7.77. The van der Waals surface area contributed by atoms with Crippen LogP contribution in [0.25, 0.3) is 11.4 Å². The third-order valence-electron chi connectivity index (χ3n) is 2.78. The Morgan fingerprint density at radius 2 is 2.00 bits per heavy atom. The van der Waals surface area contributed by atoms with Gasteiger partial charge in [0.25, 0.3) is 0 Å². The van der Waals surface area contributed by atoms with Gasteiger partial charge in [-0.05, 0) is 48.0 Å². The average Bonchev–Trinajstić information content (AvgIpc) is 2.44. The number of benzene rings is 1. The molecule has 1 aromatic carbocycles. The van der Waals surface area contributed by atoms with Gasteiger partial charge >= 0.3 is 0 Å². The maximum Gasteiger partial charge on any atom is 0.163 e. The Labute approximate surface area is 135 Å². The first-order valence-electron chi connectivity index (χ1n) is 6.18. The van der Waals surface area contributed by atoms with E-state index < -0.39 is 0 Å². The van der Waals surface area contributed by atoms with Gasteiger partial charge in [-0.2, -0.15) is 0 Å². The quantitative estimate of drug-likeness (QED) is 0.825. The molecule has 2 aromatic rings. The smallest absolute Gasteiger partial charge is 0.163 e. The van der Waals surface area contributed by atoms with Crippen LogP contribution in [0.2, 0.25) is 0 Å². The van der Waals surface area contributed by atoms with Crippen LogP contribution in [0.15, 0.2) is 27.1 Å². The van der Waals surface area contributed by atoms with Crippen molar-refractivity contribution in [3.05, 3.63) is 32.8 Å². The first-order chi connectivity index (χ1) is 9.56. The van der Waals surface area contributed by atoms with E-state index >= 15 is 0 Å². The van der Waals surface area contributed by atoms with Crippen LogP contribution in [0.3, 0.4) is 0 Å². The lowest BCUT2D eigenvalue weighted by atomic mass is 10.2. The summed E-state index contributed by atoms with van der Waals surface area (Å²) in [5.74, 6) is 2.23. The van der Waals surface area contributed by atoms with Crippen LogP contribution < -0.4 is 10.1 Å². The van der Waals surface area contributed by atoms with Crippen molar-refractivity contribution in [3.63, 3.8) is 0 Å². The van der Waals surface area contributed by atoms with Crippen LogP contribution in [0.4, 0.5) is 5.82 Å². The molecule has 20 heavy (non-hydrogen) atoms. The summed E-state index contributed by atoms with van der Waals surface area (Å²) >= 11 is 7.05. The van der Waals surface area contributed by atoms with E-state index in [1.165, 1.54) is 0 Å². The van der Waals surface area contributed by atoms with Crippen LogP contribution in [0.1, 0.15) is 12.6 Å². The number of methoxy groups -OCH3 is 1. The van der Waals surface area contributed by atoms with Gasteiger partial charge in [0.15, 0.2) is 5.82 Å². The van der Waals surface area contributed by atoms with Crippen LogP contribution in [-0.4, -0.2) is 23.6 Å². The largest absolute Gasteiger partial charge is 0.497 e. The van der Waals surface area contributed by atoms with E-state index in [1.54, 1.807) is 7.11 Å². The fourth-order valence-electron chi connectivity index (χ4n) is 1.77. The zero-order valence-electron chi connectivity index (χ0n) is 11.5. The number of hydrogen-bond acceptors (Lipinski definition) is 4. The van der Waals surface area contributed by atoms with Crippen molar-refractivity contribution < 1.29 is 4.74 Å². The summed E-state index contributed by atoms with van der Waals surface area (Å²) in [5, 5.41) is 3.23. The van der Waals surface area contributed by atoms with E-state index in [9.17, 15) is 0 Å². The van der Waals surface area contributed by atoms with Crippen molar-refractivity contribution in [2.75, 3.05) is 19.0 Å². The molecule has 4 nitrogen and oxygen atoms in total. The summed E-state index contributed by atoms with van der Waals surface area (Å²) in [6, 6.07) is 5.74. The van der Waals surface area contributed by atoms with Gasteiger partial charge in [-0.1, -0.05) is 15.9 Å². The van der Waals surface area contributed by atoms with Gasteiger partial charge < -0.3 is 10.1 Å². The normalized spacial score (nSPS) is 10.4. The highest BCUT2D eigenvalue weighted by Crippen LogP contribution is 2.32. The lowest BCUT2D eigenvalue weighted by Gasteiger charge is -2.11. The van der Waals surface area contributed by atoms with Gasteiger partial charge in [0.2, 0.25) is 0 Å². The predicted octanol–water partition coefficient (Wildman–Crippen LogP) is 4.42. The van der Waals surface area contributed by atoms with Crippen molar-refractivity contribution >= 4 is 37.7 Å². The molecule has 1 N–H and O–H groups in total. The Kier molecular flexibility index (Phi) is 4.99. The highest BCUT2D eigenvalue weighted by molar-refractivity contribution is 9.11. The van der Waals surface area contributed by atoms with E-state index in [1.807, 2.05) is 32.0 Å². The van der Waals surface area contributed by atoms with Gasteiger partial charge in [0, 0.05) is 16.6 Å². The number of rotatable bonds is 4. The lowest BCUT2D eigenvalue weighted by molar-refractivity contribution is 0.415. The minimum Gasteiger partial charge on any atom is -0.497 e. The van der Waals surface area contributed by atoms with Crippen LogP contribution in [0, 0.1) is 6.92 Å². The van der Waals surface area contributed by atoms with Gasteiger partial charge in [-0.25, -0.2) is 9.97 Å². The average molecular weight is 401 g/mol. The van der Waals surface area contributed by atoms with E-state index in [0.717, 1.165) is 38.3 Å². The highest BCUT2D eigenvalue weighted by atomic mass is 79.9. The van der Waals surface area contributed by atoms with Gasteiger partial charge in [-0.15, -0.1) is 0 Å². The van der Waals surface area contributed by atoms with Crippen LogP contribution >= 0.6 is 31.9 Å². The Hall–Kier alpha value is -1.14. The molecular weight excluding hydrogens is 386 g/mol. The van der Waals surface area contributed by atoms with E-state index in [0.29, 0.717) is 5.82 Å². The topological polar surface area (TPSA) is 47.0 Å². The Morgan fingerprint density at radius 3 is 2.65 bits per heavy atom. The number of nitrogens with zero attached hydrogens (tertiary/aromatic N) is 2. The molecule has 0 aliphatic carbocycles. The molecule has 1 heterocycles. The second kappa shape index (κ2) is 6.54. The zero-order chi connectivity index (χ0) is 14.7. The number of ether oxygens (including phenoxy) is 1. The van der Waals surface area contributed by atoms with Crippen molar-refractivity contribution in [1.82, 2.24) is 9.97 Å². The molecule has 0 radical (unpaired) electrons. The van der Waals surface area contributed by atoms with E-state index in [4.69, 9.17) is 4.74 Å². The molecule has 0 saturated heterocycles. The molecule has 0 atom stereocenters. The summed E-state index contributed by atoms with van der Waals surface area (Å²) in [4.78, 5) is 9.11. The van der Waals surface area contributed by atoms with Crippen LogP contribution in [-0.2, 0) is 0 Å². The zero-order valence-corrected chi connectivity index (χ0v) is 14.7. The second-order valence-corrected chi connectivity index (χ2v) is 5.82. The Balaban J connectivity index is 2.57. The lowest BCUT2D eigenvalue weighted by Crippen LogP contribution is -2.04. The van der Waals surface area contributed by atoms with E-state index in [2.05, 4.69) is 47.1 Å². The Morgan fingerprint density at radius 1 is 1.25 bits per heavy atom. The fourth-order valence-corrected chi connectivity index (χ4v) is 2.51. The predicted molar refractivity (Wildman–Crippen MR) is 88.3 cm³/mol. The Bertz CT molecular complexity index is 632. The number of nitrogens with one attached hydrogen (secondary N) is 1. The number of aromatic nitrogens is 2. The minimum atomic E-state index is 0.660. The van der Waals surface area contributed by atoms with Gasteiger partial charge in [0.05, 0.1) is 17.3 Å². The number of aryl methyl sites for hydroxylation is 1.